The molecule has 1 unspecified atom stereocenters. The molecule has 0 amide bonds. The summed E-state index contributed by atoms with van der Waals surface area (Å²) >= 11 is 8.40. The zero-order chi connectivity index (χ0) is 14.5. The fourth-order valence-electron chi connectivity index (χ4n) is 1.95. The number of ether oxygens (including phenoxy) is 1. The summed E-state index contributed by atoms with van der Waals surface area (Å²) in [5, 5.41) is 0.494. The van der Waals surface area contributed by atoms with Crippen LogP contribution >= 0.6 is 34.2 Å². The smallest absolute Gasteiger partial charge is 0.163 e. The van der Waals surface area contributed by atoms with Gasteiger partial charge in [-0.15, -0.1) is 0 Å². The molecule has 106 valence electrons. The maximum absolute atomic E-state index is 6.22. The van der Waals surface area contributed by atoms with Crippen molar-refractivity contribution < 1.29 is 4.74 Å². The van der Waals surface area contributed by atoms with Crippen molar-refractivity contribution in [2.24, 2.45) is 0 Å². The molecule has 0 fully saturated rings. The summed E-state index contributed by atoms with van der Waals surface area (Å²) in [5.74, 6) is 0.625. The van der Waals surface area contributed by atoms with Crippen LogP contribution in [0.5, 0.6) is 0 Å². The molecule has 0 saturated heterocycles. The van der Waals surface area contributed by atoms with Gasteiger partial charge in [0.1, 0.15) is 11.3 Å². The highest BCUT2D eigenvalue weighted by Crippen LogP contribution is 2.27. The quantitative estimate of drug-likeness (QED) is 0.548. The molecule has 0 radical (unpaired) electrons. The van der Waals surface area contributed by atoms with Gasteiger partial charge in [-0.25, -0.2) is 9.97 Å². The number of aromatic nitrogens is 2. The summed E-state index contributed by atoms with van der Waals surface area (Å²) in [4.78, 5) is 9.02. The van der Waals surface area contributed by atoms with E-state index < -0.39 is 0 Å². The topological polar surface area (TPSA) is 35.0 Å². The summed E-state index contributed by atoms with van der Waals surface area (Å²) in [6, 6.07) is 9.97. The third-order valence-electron chi connectivity index (χ3n) is 2.90. The van der Waals surface area contributed by atoms with Crippen LogP contribution in [0.3, 0.4) is 0 Å². The second kappa shape index (κ2) is 7.33. The average Bonchev–Trinajstić information content (AvgIpc) is 2.48. The van der Waals surface area contributed by atoms with Gasteiger partial charge in [0.15, 0.2) is 5.82 Å². The molecule has 1 atom stereocenters. The summed E-state index contributed by atoms with van der Waals surface area (Å²) in [7, 11) is 0. The first kappa shape index (κ1) is 15.7. The lowest BCUT2D eigenvalue weighted by molar-refractivity contribution is 0.0849. The van der Waals surface area contributed by atoms with E-state index in [1.807, 2.05) is 37.3 Å². The van der Waals surface area contributed by atoms with Crippen LogP contribution in [-0.2, 0) is 11.2 Å². The van der Waals surface area contributed by atoms with Gasteiger partial charge in [-0.05, 0) is 41.5 Å². The van der Waals surface area contributed by atoms with Crippen LogP contribution in [0.25, 0.3) is 0 Å². The SMILES string of the molecule is CCOC(c1ccccc1)c1nc(Cl)c(I)c(CC)n1. The number of benzene rings is 1. The van der Waals surface area contributed by atoms with Gasteiger partial charge >= 0.3 is 0 Å². The monoisotopic (exact) mass is 402 g/mol. The largest absolute Gasteiger partial charge is 0.366 e. The zero-order valence-corrected chi connectivity index (χ0v) is 14.4. The van der Waals surface area contributed by atoms with E-state index >= 15 is 0 Å². The molecule has 0 spiro atoms. The number of halogens is 2. The molecule has 20 heavy (non-hydrogen) atoms. The van der Waals surface area contributed by atoms with E-state index in [1.54, 1.807) is 0 Å². The molecule has 5 heteroatoms. The molecule has 0 bridgehead atoms. The molecule has 0 saturated carbocycles. The summed E-state index contributed by atoms with van der Waals surface area (Å²) in [6.07, 6.45) is 0.544. The Morgan fingerprint density at radius 1 is 1.20 bits per heavy atom. The molecule has 2 aromatic rings. The van der Waals surface area contributed by atoms with Crippen LogP contribution in [0.2, 0.25) is 5.15 Å². The second-order valence-electron chi connectivity index (χ2n) is 4.23. The molecule has 2 rings (SSSR count). The Morgan fingerprint density at radius 3 is 2.50 bits per heavy atom. The van der Waals surface area contributed by atoms with Crippen molar-refractivity contribution in [2.45, 2.75) is 26.4 Å². The van der Waals surface area contributed by atoms with Gasteiger partial charge in [-0.1, -0.05) is 48.9 Å². The highest BCUT2D eigenvalue weighted by molar-refractivity contribution is 14.1. The Hall–Kier alpha value is -0.720. The molecule has 0 N–H and O–H groups in total. The summed E-state index contributed by atoms with van der Waals surface area (Å²) in [5.41, 5.74) is 2.00. The maximum Gasteiger partial charge on any atom is 0.163 e. The Morgan fingerprint density at radius 2 is 1.90 bits per heavy atom. The van der Waals surface area contributed by atoms with Crippen LogP contribution in [-0.4, -0.2) is 16.6 Å². The van der Waals surface area contributed by atoms with E-state index in [2.05, 4.69) is 39.5 Å². The zero-order valence-electron chi connectivity index (χ0n) is 11.4. The number of hydrogen-bond acceptors (Lipinski definition) is 3. The first-order chi connectivity index (χ1) is 9.67. The predicted molar refractivity (Wildman–Crippen MR) is 89.0 cm³/mol. The van der Waals surface area contributed by atoms with E-state index in [1.165, 1.54) is 0 Å². The minimum atomic E-state index is -0.277. The normalized spacial score (nSPS) is 12.4. The standard InChI is InChI=1S/C15H16ClIN2O/c1-3-11-12(17)14(16)19-15(18-11)13(20-4-2)10-8-6-5-7-9-10/h5-9,13H,3-4H2,1-2H3. The maximum atomic E-state index is 6.22. The van der Waals surface area contributed by atoms with Gasteiger partial charge in [0, 0.05) is 6.61 Å². The van der Waals surface area contributed by atoms with Crippen LogP contribution < -0.4 is 0 Å². The van der Waals surface area contributed by atoms with E-state index in [0.717, 1.165) is 21.2 Å². The van der Waals surface area contributed by atoms with Gasteiger partial charge in [-0.2, -0.15) is 0 Å². The van der Waals surface area contributed by atoms with Crippen molar-refractivity contribution in [3.05, 3.63) is 56.1 Å². The third kappa shape index (κ3) is 3.48. The molecule has 0 aliphatic carbocycles. The van der Waals surface area contributed by atoms with E-state index in [4.69, 9.17) is 16.3 Å². The number of rotatable bonds is 5. The summed E-state index contributed by atoms with van der Waals surface area (Å²) in [6.45, 7) is 4.61. The van der Waals surface area contributed by atoms with Gasteiger partial charge in [0.2, 0.25) is 0 Å². The van der Waals surface area contributed by atoms with Crippen LogP contribution in [0, 0.1) is 3.57 Å². The molecular formula is C15H16ClIN2O. The first-order valence-corrected chi connectivity index (χ1v) is 8.01. The van der Waals surface area contributed by atoms with Gasteiger partial charge < -0.3 is 4.74 Å². The molecule has 3 nitrogen and oxygen atoms in total. The van der Waals surface area contributed by atoms with Gasteiger partial charge in [-0.3, -0.25) is 0 Å². The molecule has 1 heterocycles. The molecule has 1 aromatic heterocycles. The molecule has 0 aliphatic heterocycles. The summed E-state index contributed by atoms with van der Waals surface area (Å²) < 4.78 is 6.74. The average molecular weight is 403 g/mol. The first-order valence-electron chi connectivity index (χ1n) is 6.55. The number of hydrogen-bond donors (Lipinski definition) is 0. The Labute approximate surface area is 137 Å². The van der Waals surface area contributed by atoms with Crippen LogP contribution in [0.15, 0.2) is 30.3 Å². The fourth-order valence-corrected chi connectivity index (χ4v) is 2.77. The molecular weight excluding hydrogens is 387 g/mol. The minimum Gasteiger partial charge on any atom is -0.366 e. The Bertz CT molecular complexity index is 578. The molecule has 0 aliphatic rings. The highest BCUT2D eigenvalue weighted by atomic mass is 127. The van der Waals surface area contributed by atoms with Gasteiger partial charge in [0.25, 0.3) is 0 Å². The lowest BCUT2D eigenvalue weighted by atomic mass is 10.1. The van der Waals surface area contributed by atoms with Crippen molar-refractivity contribution in [3.63, 3.8) is 0 Å². The van der Waals surface area contributed by atoms with E-state index in [9.17, 15) is 0 Å². The van der Waals surface area contributed by atoms with Crippen molar-refractivity contribution >= 4 is 34.2 Å². The van der Waals surface area contributed by atoms with E-state index in [-0.39, 0.29) is 6.10 Å². The van der Waals surface area contributed by atoms with Gasteiger partial charge in [0.05, 0.1) is 9.26 Å². The second-order valence-corrected chi connectivity index (χ2v) is 5.67. The van der Waals surface area contributed by atoms with Crippen molar-refractivity contribution in [1.82, 2.24) is 9.97 Å². The number of aryl methyl sites for hydroxylation is 1. The Kier molecular flexibility index (Phi) is 5.74. The van der Waals surface area contributed by atoms with Crippen molar-refractivity contribution in [1.29, 1.82) is 0 Å². The van der Waals surface area contributed by atoms with Crippen molar-refractivity contribution in [3.8, 4) is 0 Å². The predicted octanol–water partition coefficient (Wildman–Crippen LogP) is 4.42. The van der Waals surface area contributed by atoms with Crippen LogP contribution in [0.1, 0.15) is 37.0 Å². The third-order valence-corrected chi connectivity index (χ3v) is 4.63. The Balaban J connectivity index is 2.47. The van der Waals surface area contributed by atoms with E-state index in [0.29, 0.717) is 17.6 Å². The minimum absolute atomic E-state index is 0.277. The van der Waals surface area contributed by atoms with Crippen LogP contribution in [0.4, 0.5) is 0 Å². The molecule has 1 aromatic carbocycles. The lowest BCUT2D eigenvalue weighted by Crippen LogP contribution is -2.13. The fraction of sp³-hybridized carbons (Fsp3) is 0.333. The van der Waals surface area contributed by atoms with Crippen molar-refractivity contribution in [2.75, 3.05) is 6.61 Å². The number of nitrogens with zero attached hydrogens (tertiary/aromatic N) is 2. The highest BCUT2D eigenvalue weighted by Gasteiger charge is 2.20. The lowest BCUT2D eigenvalue weighted by Gasteiger charge is -2.17.